The van der Waals surface area contributed by atoms with E-state index in [4.69, 9.17) is 5.73 Å². The van der Waals surface area contributed by atoms with Crippen molar-refractivity contribution >= 4 is 5.91 Å². The Balaban J connectivity index is 1.74. The largest absolute Gasteiger partial charge is 0.366 e. The maximum absolute atomic E-state index is 11.8. The molecule has 2 aliphatic heterocycles. The van der Waals surface area contributed by atoms with Crippen LogP contribution in [0.1, 0.15) is 34.3 Å². The lowest BCUT2D eigenvalue weighted by Crippen LogP contribution is -2.18. The van der Waals surface area contributed by atoms with Crippen molar-refractivity contribution in [3.63, 3.8) is 0 Å². The second-order valence-corrected chi connectivity index (χ2v) is 6.48. The molecule has 2 atom stereocenters. The maximum atomic E-state index is 11.8. The van der Waals surface area contributed by atoms with E-state index in [1.807, 2.05) is 6.07 Å². The Morgan fingerprint density at radius 3 is 2.33 bits per heavy atom. The number of nitrogens with two attached hydrogens (primary N) is 1. The summed E-state index contributed by atoms with van der Waals surface area (Å²) in [4.78, 5) is 11.8. The summed E-state index contributed by atoms with van der Waals surface area (Å²) >= 11 is 0. The SMILES string of the molecule is NC(=O)c1cc(CC2CCNC2)ccc1CC1CCNC1. The molecule has 0 saturated carbocycles. The smallest absolute Gasteiger partial charge is 0.248 e. The minimum atomic E-state index is -0.289. The highest BCUT2D eigenvalue weighted by molar-refractivity contribution is 5.94. The molecule has 2 heterocycles. The van der Waals surface area contributed by atoms with E-state index < -0.39 is 0 Å². The van der Waals surface area contributed by atoms with E-state index >= 15 is 0 Å². The Bertz CT molecular complexity index is 503. The van der Waals surface area contributed by atoms with Crippen molar-refractivity contribution in [1.82, 2.24) is 10.6 Å². The normalized spacial score (nSPS) is 25.3. The average molecular weight is 287 g/mol. The predicted molar refractivity (Wildman–Crippen MR) is 84.3 cm³/mol. The van der Waals surface area contributed by atoms with Crippen LogP contribution in [0.15, 0.2) is 18.2 Å². The third-order valence-electron chi connectivity index (χ3n) is 4.80. The monoisotopic (exact) mass is 287 g/mol. The summed E-state index contributed by atoms with van der Waals surface area (Å²) in [5, 5.41) is 6.77. The third kappa shape index (κ3) is 3.63. The first-order valence-electron chi connectivity index (χ1n) is 8.05. The second kappa shape index (κ2) is 6.58. The molecule has 114 valence electrons. The Morgan fingerprint density at radius 1 is 1.10 bits per heavy atom. The van der Waals surface area contributed by atoms with Crippen LogP contribution in [0.3, 0.4) is 0 Å². The van der Waals surface area contributed by atoms with Crippen LogP contribution in [0.4, 0.5) is 0 Å². The Morgan fingerprint density at radius 2 is 1.76 bits per heavy atom. The first kappa shape index (κ1) is 14.5. The fourth-order valence-electron chi connectivity index (χ4n) is 3.58. The van der Waals surface area contributed by atoms with E-state index in [2.05, 4.69) is 22.8 Å². The molecule has 2 saturated heterocycles. The van der Waals surface area contributed by atoms with Crippen molar-refractivity contribution in [3.8, 4) is 0 Å². The molecule has 0 bridgehead atoms. The number of carbonyl (C=O) groups is 1. The summed E-state index contributed by atoms with van der Waals surface area (Å²) in [7, 11) is 0. The zero-order chi connectivity index (χ0) is 14.7. The summed E-state index contributed by atoms with van der Waals surface area (Å²) in [5.74, 6) is 1.03. The summed E-state index contributed by atoms with van der Waals surface area (Å²) in [6.07, 6.45) is 4.41. The first-order valence-corrected chi connectivity index (χ1v) is 8.05. The highest BCUT2D eigenvalue weighted by atomic mass is 16.1. The Kier molecular flexibility index (Phi) is 4.56. The maximum Gasteiger partial charge on any atom is 0.248 e. The van der Waals surface area contributed by atoms with Gasteiger partial charge in [0.1, 0.15) is 0 Å². The van der Waals surface area contributed by atoms with Gasteiger partial charge < -0.3 is 16.4 Å². The highest BCUT2D eigenvalue weighted by Gasteiger charge is 2.20. The molecule has 1 amide bonds. The standard InChI is InChI=1S/C17H25N3O/c18-17(21)16-9-12(7-13-3-5-19-10-13)1-2-15(16)8-14-4-6-20-11-14/h1-2,9,13-14,19-20H,3-8,10-11H2,(H2,18,21). The topological polar surface area (TPSA) is 67.2 Å². The van der Waals surface area contributed by atoms with Crippen molar-refractivity contribution in [2.24, 2.45) is 17.6 Å². The second-order valence-electron chi connectivity index (χ2n) is 6.48. The van der Waals surface area contributed by atoms with Gasteiger partial charge in [0.2, 0.25) is 5.91 Å². The van der Waals surface area contributed by atoms with E-state index in [0.29, 0.717) is 11.8 Å². The number of hydrogen-bond donors (Lipinski definition) is 3. The van der Waals surface area contributed by atoms with Crippen LogP contribution in [-0.2, 0) is 12.8 Å². The zero-order valence-electron chi connectivity index (χ0n) is 12.5. The van der Waals surface area contributed by atoms with Crippen LogP contribution < -0.4 is 16.4 Å². The lowest BCUT2D eigenvalue weighted by Gasteiger charge is -2.14. The summed E-state index contributed by atoms with van der Waals surface area (Å²) in [5.41, 5.74) is 8.68. The lowest BCUT2D eigenvalue weighted by molar-refractivity contribution is 0.0999. The fraction of sp³-hybridized carbons (Fsp3) is 0.588. The molecule has 4 heteroatoms. The fourth-order valence-corrected chi connectivity index (χ4v) is 3.58. The molecule has 4 N–H and O–H groups in total. The van der Waals surface area contributed by atoms with Gasteiger partial charge in [0.25, 0.3) is 0 Å². The number of amides is 1. The Hall–Kier alpha value is -1.39. The van der Waals surface area contributed by atoms with Gasteiger partial charge in [-0.05, 0) is 80.9 Å². The number of primary amides is 1. The number of benzene rings is 1. The van der Waals surface area contributed by atoms with Crippen LogP contribution >= 0.6 is 0 Å². The minimum absolute atomic E-state index is 0.289. The van der Waals surface area contributed by atoms with Crippen LogP contribution in [0, 0.1) is 11.8 Å². The van der Waals surface area contributed by atoms with Crippen molar-refractivity contribution in [3.05, 3.63) is 34.9 Å². The van der Waals surface area contributed by atoms with E-state index in [-0.39, 0.29) is 5.91 Å². The van der Waals surface area contributed by atoms with Gasteiger partial charge in [-0.15, -0.1) is 0 Å². The third-order valence-corrected chi connectivity index (χ3v) is 4.80. The van der Waals surface area contributed by atoms with Gasteiger partial charge in [-0.3, -0.25) is 4.79 Å². The van der Waals surface area contributed by atoms with Crippen LogP contribution in [0.5, 0.6) is 0 Å². The lowest BCUT2D eigenvalue weighted by atomic mass is 9.91. The van der Waals surface area contributed by atoms with E-state index in [0.717, 1.165) is 50.1 Å². The van der Waals surface area contributed by atoms with Crippen molar-refractivity contribution in [2.45, 2.75) is 25.7 Å². The van der Waals surface area contributed by atoms with E-state index in [1.54, 1.807) is 0 Å². The molecule has 1 aromatic rings. The number of hydrogen-bond acceptors (Lipinski definition) is 3. The molecule has 0 aliphatic carbocycles. The van der Waals surface area contributed by atoms with Gasteiger partial charge in [-0.2, -0.15) is 0 Å². The van der Waals surface area contributed by atoms with Gasteiger partial charge in [0.15, 0.2) is 0 Å². The van der Waals surface area contributed by atoms with Crippen LogP contribution in [0.25, 0.3) is 0 Å². The number of nitrogens with one attached hydrogen (secondary N) is 2. The van der Waals surface area contributed by atoms with Gasteiger partial charge in [-0.1, -0.05) is 12.1 Å². The molecule has 2 unspecified atom stereocenters. The van der Waals surface area contributed by atoms with Crippen molar-refractivity contribution in [2.75, 3.05) is 26.2 Å². The molecule has 0 aromatic heterocycles. The van der Waals surface area contributed by atoms with E-state index in [9.17, 15) is 4.79 Å². The van der Waals surface area contributed by atoms with Gasteiger partial charge in [-0.25, -0.2) is 0 Å². The van der Waals surface area contributed by atoms with Gasteiger partial charge in [0, 0.05) is 5.56 Å². The van der Waals surface area contributed by atoms with Crippen molar-refractivity contribution in [1.29, 1.82) is 0 Å². The molecule has 2 fully saturated rings. The summed E-state index contributed by atoms with van der Waals surface area (Å²) in [6, 6.07) is 6.33. The van der Waals surface area contributed by atoms with Crippen LogP contribution in [0.2, 0.25) is 0 Å². The van der Waals surface area contributed by atoms with Crippen molar-refractivity contribution < 1.29 is 4.79 Å². The molecule has 21 heavy (non-hydrogen) atoms. The number of rotatable bonds is 5. The molecule has 1 aromatic carbocycles. The molecule has 4 nitrogen and oxygen atoms in total. The van der Waals surface area contributed by atoms with E-state index in [1.165, 1.54) is 18.4 Å². The van der Waals surface area contributed by atoms with Gasteiger partial charge in [0.05, 0.1) is 0 Å². The molecule has 2 aliphatic rings. The minimum Gasteiger partial charge on any atom is -0.366 e. The molecule has 0 spiro atoms. The predicted octanol–water partition coefficient (Wildman–Crippen LogP) is 1.09. The molecule has 3 rings (SSSR count). The molecular weight excluding hydrogens is 262 g/mol. The zero-order valence-corrected chi connectivity index (χ0v) is 12.5. The summed E-state index contributed by atoms with van der Waals surface area (Å²) < 4.78 is 0. The molecule has 0 radical (unpaired) electrons. The first-order chi connectivity index (χ1) is 10.2. The quantitative estimate of drug-likeness (QED) is 0.759. The number of carbonyl (C=O) groups excluding carboxylic acids is 1. The molecular formula is C17H25N3O. The van der Waals surface area contributed by atoms with Gasteiger partial charge >= 0.3 is 0 Å². The summed E-state index contributed by atoms with van der Waals surface area (Å²) in [6.45, 7) is 4.33. The highest BCUT2D eigenvalue weighted by Crippen LogP contribution is 2.22. The Labute approximate surface area is 126 Å². The average Bonchev–Trinajstić information content (AvgIpc) is 3.13. The van der Waals surface area contributed by atoms with Crippen LogP contribution in [-0.4, -0.2) is 32.1 Å².